The van der Waals surface area contributed by atoms with Gasteiger partial charge in [-0.05, 0) is 17.7 Å². The summed E-state index contributed by atoms with van der Waals surface area (Å²) in [6, 6.07) is 7.62. The van der Waals surface area contributed by atoms with Crippen LogP contribution in [-0.4, -0.2) is 26.3 Å². The van der Waals surface area contributed by atoms with E-state index in [1.807, 2.05) is 25.2 Å². The average Bonchev–Trinajstić information content (AvgIpc) is 2.47. The summed E-state index contributed by atoms with van der Waals surface area (Å²) in [5.74, 6) is 1.30. The fourth-order valence-corrected chi connectivity index (χ4v) is 2.06. The van der Waals surface area contributed by atoms with Crippen molar-refractivity contribution in [2.45, 2.75) is 6.54 Å². The van der Waals surface area contributed by atoms with Crippen molar-refractivity contribution in [3.05, 3.63) is 42.2 Å². The van der Waals surface area contributed by atoms with Gasteiger partial charge in [0.2, 0.25) is 0 Å². The van der Waals surface area contributed by atoms with Crippen LogP contribution in [0.1, 0.15) is 5.56 Å². The van der Waals surface area contributed by atoms with E-state index in [0.717, 1.165) is 17.8 Å². The van der Waals surface area contributed by atoms with Gasteiger partial charge in [-0.15, -0.1) is 0 Å². The molecule has 0 atom stereocenters. The number of hydrogen-bond acceptors (Lipinski definition) is 5. The number of benzene rings is 1. The molecule has 106 valence electrons. The van der Waals surface area contributed by atoms with Gasteiger partial charge in [-0.25, -0.2) is 0 Å². The van der Waals surface area contributed by atoms with E-state index >= 15 is 0 Å². The van der Waals surface area contributed by atoms with E-state index < -0.39 is 0 Å². The third-order valence-electron chi connectivity index (χ3n) is 3.11. The molecule has 0 saturated carbocycles. The number of pyridine rings is 1. The largest absolute Gasteiger partial charge is 0.493 e. The van der Waals surface area contributed by atoms with E-state index in [-0.39, 0.29) is 0 Å². The Balaban J connectivity index is 2.27. The van der Waals surface area contributed by atoms with Crippen LogP contribution in [0, 0.1) is 0 Å². The number of aromatic nitrogens is 1. The molecule has 2 rings (SSSR count). The second kappa shape index (κ2) is 6.14. The zero-order chi connectivity index (χ0) is 14.5. The first-order valence-electron chi connectivity index (χ1n) is 6.27. The van der Waals surface area contributed by atoms with Crippen LogP contribution in [0.3, 0.4) is 0 Å². The number of nitrogens with zero attached hydrogens (tertiary/aromatic N) is 2. The lowest BCUT2D eigenvalue weighted by Crippen LogP contribution is -2.18. The van der Waals surface area contributed by atoms with Crippen LogP contribution in [-0.2, 0) is 6.54 Å². The molecule has 1 aromatic carbocycles. The van der Waals surface area contributed by atoms with Gasteiger partial charge in [0.25, 0.3) is 0 Å². The first kappa shape index (κ1) is 14.0. The van der Waals surface area contributed by atoms with Crippen LogP contribution in [0.25, 0.3) is 0 Å². The zero-order valence-electron chi connectivity index (χ0n) is 12.0. The minimum atomic E-state index is 0.631. The Labute approximate surface area is 118 Å². The molecule has 0 fully saturated rings. The highest BCUT2D eigenvalue weighted by Gasteiger charge is 2.12. The monoisotopic (exact) mass is 273 g/mol. The average molecular weight is 273 g/mol. The van der Waals surface area contributed by atoms with Crippen LogP contribution in [0.5, 0.6) is 11.5 Å². The van der Waals surface area contributed by atoms with E-state index in [2.05, 4.69) is 9.88 Å². The number of hydrogen-bond donors (Lipinski definition) is 1. The van der Waals surface area contributed by atoms with Gasteiger partial charge in [0.15, 0.2) is 11.5 Å². The van der Waals surface area contributed by atoms with Crippen LogP contribution in [0.15, 0.2) is 36.7 Å². The first-order valence-corrected chi connectivity index (χ1v) is 6.27. The predicted octanol–water partition coefficient (Wildman–Crippen LogP) is 2.32. The lowest BCUT2D eigenvalue weighted by molar-refractivity contribution is 0.355. The number of rotatable bonds is 5. The zero-order valence-corrected chi connectivity index (χ0v) is 12.0. The molecule has 0 spiro atoms. The van der Waals surface area contributed by atoms with Crippen LogP contribution >= 0.6 is 0 Å². The molecule has 20 heavy (non-hydrogen) atoms. The van der Waals surface area contributed by atoms with Crippen LogP contribution < -0.4 is 20.1 Å². The van der Waals surface area contributed by atoms with Crippen molar-refractivity contribution in [3.63, 3.8) is 0 Å². The highest BCUT2D eigenvalue weighted by atomic mass is 16.5. The molecule has 2 aromatic rings. The molecular weight excluding hydrogens is 254 g/mol. The van der Waals surface area contributed by atoms with Gasteiger partial charge in [0, 0.05) is 38.1 Å². The summed E-state index contributed by atoms with van der Waals surface area (Å²) in [6.45, 7) is 0.738. The number of nitrogens with two attached hydrogens (primary N) is 1. The molecule has 1 heterocycles. The maximum Gasteiger partial charge on any atom is 0.162 e. The fourth-order valence-electron chi connectivity index (χ4n) is 2.06. The minimum Gasteiger partial charge on any atom is -0.493 e. The number of anilines is 2. The Morgan fingerprint density at radius 1 is 1.10 bits per heavy atom. The first-order chi connectivity index (χ1) is 9.65. The van der Waals surface area contributed by atoms with Crippen LogP contribution in [0.2, 0.25) is 0 Å². The maximum atomic E-state index is 6.09. The van der Waals surface area contributed by atoms with E-state index in [9.17, 15) is 0 Å². The Morgan fingerprint density at radius 3 is 2.30 bits per heavy atom. The Hall–Kier alpha value is -2.43. The van der Waals surface area contributed by atoms with Gasteiger partial charge < -0.3 is 20.1 Å². The molecule has 0 unspecified atom stereocenters. The summed E-state index contributed by atoms with van der Waals surface area (Å²) in [5.41, 5.74) is 8.80. The lowest BCUT2D eigenvalue weighted by Gasteiger charge is -2.22. The Morgan fingerprint density at radius 2 is 1.70 bits per heavy atom. The van der Waals surface area contributed by atoms with E-state index in [0.29, 0.717) is 17.2 Å². The van der Waals surface area contributed by atoms with E-state index in [1.165, 1.54) is 0 Å². The van der Waals surface area contributed by atoms with Crippen LogP contribution in [0.4, 0.5) is 11.4 Å². The highest BCUT2D eigenvalue weighted by Crippen LogP contribution is 2.36. The number of nitrogen functional groups attached to an aromatic ring is 1. The summed E-state index contributed by atoms with van der Waals surface area (Å²) in [6.07, 6.45) is 3.56. The van der Waals surface area contributed by atoms with Crippen molar-refractivity contribution in [2.24, 2.45) is 0 Å². The minimum absolute atomic E-state index is 0.631. The molecule has 0 aliphatic rings. The van der Waals surface area contributed by atoms with Gasteiger partial charge in [-0.2, -0.15) is 0 Å². The molecule has 0 aliphatic heterocycles. The fraction of sp³-hybridized carbons (Fsp3) is 0.267. The van der Waals surface area contributed by atoms with Crippen molar-refractivity contribution < 1.29 is 9.47 Å². The number of methoxy groups -OCH3 is 2. The quantitative estimate of drug-likeness (QED) is 0.847. The molecule has 5 heteroatoms. The second-order valence-electron chi connectivity index (χ2n) is 4.48. The van der Waals surface area contributed by atoms with Gasteiger partial charge in [-0.1, -0.05) is 0 Å². The lowest BCUT2D eigenvalue weighted by atomic mass is 10.2. The molecule has 0 amide bonds. The summed E-state index contributed by atoms with van der Waals surface area (Å²) < 4.78 is 10.6. The normalized spacial score (nSPS) is 10.2. The highest BCUT2D eigenvalue weighted by molar-refractivity contribution is 5.73. The molecule has 2 N–H and O–H groups in total. The van der Waals surface area contributed by atoms with Gasteiger partial charge in [0.05, 0.1) is 25.6 Å². The third-order valence-corrected chi connectivity index (χ3v) is 3.11. The Bertz CT molecular complexity index is 573. The number of ether oxygens (including phenoxy) is 2. The van der Waals surface area contributed by atoms with Gasteiger partial charge in [0.1, 0.15) is 0 Å². The second-order valence-corrected chi connectivity index (χ2v) is 4.48. The van der Waals surface area contributed by atoms with Crippen molar-refractivity contribution >= 4 is 11.4 Å². The summed E-state index contributed by atoms with van der Waals surface area (Å²) >= 11 is 0. The molecule has 0 aliphatic carbocycles. The van der Waals surface area contributed by atoms with E-state index in [4.69, 9.17) is 15.2 Å². The van der Waals surface area contributed by atoms with Crippen molar-refractivity contribution in [3.8, 4) is 11.5 Å². The molecule has 5 nitrogen and oxygen atoms in total. The Kier molecular flexibility index (Phi) is 4.30. The molecule has 0 saturated heterocycles. The predicted molar refractivity (Wildman–Crippen MR) is 80.3 cm³/mol. The van der Waals surface area contributed by atoms with Crippen molar-refractivity contribution in [2.75, 3.05) is 31.9 Å². The molecule has 0 bridgehead atoms. The topological polar surface area (TPSA) is 60.6 Å². The summed E-state index contributed by atoms with van der Waals surface area (Å²) in [5, 5.41) is 0. The summed E-state index contributed by atoms with van der Waals surface area (Å²) in [4.78, 5) is 6.08. The molecular formula is C15H19N3O2. The smallest absolute Gasteiger partial charge is 0.162 e. The summed E-state index contributed by atoms with van der Waals surface area (Å²) in [7, 11) is 5.19. The molecule has 1 aromatic heterocycles. The SMILES string of the molecule is COc1cc(N)c(N(C)Cc2ccncc2)cc1OC. The van der Waals surface area contributed by atoms with E-state index in [1.54, 1.807) is 32.7 Å². The van der Waals surface area contributed by atoms with Gasteiger partial charge in [-0.3, -0.25) is 4.98 Å². The standard InChI is InChI=1S/C15H19N3O2/c1-18(10-11-4-6-17-7-5-11)13-9-15(20-3)14(19-2)8-12(13)16/h4-9H,10,16H2,1-3H3. The maximum absolute atomic E-state index is 6.09. The van der Waals surface area contributed by atoms with Crippen molar-refractivity contribution in [1.82, 2.24) is 4.98 Å². The van der Waals surface area contributed by atoms with Gasteiger partial charge >= 0.3 is 0 Å². The molecule has 0 radical (unpaired) electrons. The van der Waals surface area contributed by atoms with Crippen molar-refractivity contribution in [1.29, 1.82) is 0 Å². The third kappa shape index (κ3) is 2.93.